The van der Waals surface area contributed by atoms with E-state index in [4.69, 9.17) is 4.74 Å². The summed E-state index contributed by atoms with van der Waals surface area (Å²) in [5.41, 5.74) is 2.64. The average Bonchev–Trinajstić information content (AvgIpc) is 2.67. The van der Waals surface area contributed by atoms with Gasteiger partial charge in [0.25, 0.3) is 0 Å². The molecule has 0 saturated heterocycles. The van der Waals surface area contributed by atoms with Crippen LogP contribution in [0.25, 0.3) is 6.08 Å². The van der Waals surface area contributed by atoms with Crippen LogP contribution in [0.2, 0.25) is 0 Å². The maximum atomic E-state index is 12.2. The Morgan fingerprint density at radius 1 is 0.880 bits per heavy atom. The minimum absolute atomic E-state index is 0.0247. The van der Waals surface area contributed by atoms with Crippen LogP contribution in [0.5, 0.6) is 5.75 Å². The van der Waals surface area contributed by atoms with Crippen molar-refractivity contribution in [3.8, 4) is 5.75 Å². The van der Waals surface area contributed by atoms with Gasteiger partial charge in [-0.1, -0.05) is 76.6 Å². The smallest absolute Gasteiger partial charge is 0.185 e. The van der Waals surface area contributed by atoms with E-state index < -0.39 is 0 Å². The molecule has 0 amide bonds. The fourth-order valence-electron chi connectivity index (χ4n) is 2.36. The standard InChI is InChI=1S/C22H17BrO2/c23-20-13-10-17(11-14-20)16-25-22-9-5-4-8-19(22)12-15-21(24)18-6-2-1-3-7-18/h1-15H,16H2/b15-12+. The molecular formula is C22H17BrO2. The number of hydrogen-bond donors (Lipinski definition) is 0. The zero-order chi connectivity index (χ0) is 17.5. The quantitative estimate of drug-likeness (QED) is 0.384. The molecule has 0 aliphatic carbocycles. The number of benzene rings is 3. The summed E-state index contributed by atoms with van der Waals surface area (Å²) in [5.74, 6) is 0.728. The van der Waals surface area contributed by atoms with Crippen molar-refractivity contribution in [1.82, 2.24) is 0 Å². The fraction of sp³-hybridized carbons (Fsp3) is 0.0455. The van der Waals surface area contributed by atoms with Crippen LogP contribution in [0.1, 0.15) is 21.5 Å². The van der Waals surface area contributed by atoms with Gasteiger partial charge < -0.3 is 4.74 Å². The van der Waals surface area contributed by atoms with E-state index in [1.165, 1.54) is 0 Å². The van der Waals surface area contributed by atoms with Crippen LogP contribution in [0.3, 0.4) is 0 Å². The van der Waals surface area contributed by atoms with Crippen molar-refractivity contribution in [2.45, 2.75) is 6.61 Å². The summed E-state index contributed by atoms with van der Waals surface area (Å²) in [4.78, 5) is 12.2. The molecule has 0 spiro atoms. The lowest BCUT2D eigenvalue weighted by atomic mass is 10.1. The lowest BCUT2D eigenvalue weighted by Crippen LogP contribution is -1.97. The van der Waals surface area contributed by atoms with E-state index >= 15 is 0 Å². The summed E-state index contributed by atoms with van der Waals surface area (Å²) in [5, 5.41) is 0. The molecule has 3 aromatic rings. The summed E-state index contributed by atoms with van der Waals surface area (Å²) in [6, 6.07) is 24.9. The van der Waals surface area contributed by atoms with Crippen molar-refractivity contribution >= 4 is 27.8 Å². The molecule has 0 aromatic heterocycles. The minimum atomic E-state index is -0.0247. The summed E-state index contributed by atoms with van der Waals surface area (Å²) in [7, 11) is 0. The molecule has 0 heterocycles. The van der Waals surface area contributed by atoms with E-state index in [0.29, 0.717) is 12.2 Å². The van der Waals surface area contributed by atoms with Crippen LogP contribution >= 0.6 is 15.9 Å². The Labute approximate surface area is 155 Å². The van der Waals surface area contributed by atoms with Gasteiger partial charge in [-0.05, 0) is 35.9 Å². The molecule has 0 saturated carbocycles. The van der Waals surface area contributed by atoms with Gasteiger partial charge in [-0.25, -0.2) is 0 Å². The second-order valence-electron chi connectivity index (χ2n) is 5.52. The average molecular weight is 393 g/mol. The summed E-state index contributed by atoms with van der Waals surface area (Å²) in [6.45, 7) is 0.477. The predicted octanol–water partition coefficient (Wildman–Crippen LogP) is 5.92. The van der Waals surface area contributed by atoms with Gasteiger partial charge in [-0.15, -0.1) is 0 Å². The maximum absolute atomic E-state index is 12.2. The number of carbonyl (C=O) groups excluding carboxylic acids is 1. The maximum Gasteiger partial charge on any atom is 0.185 e. The van der Waals surface area contributed by atoms with Crippen LogP contribution in [-0.4, -0.2) is 5.78 Å². The molecule has 25 heavy (non-hydrogen) atoms. The third kappa shape index (κ3) is 4.91. The molecule has 0 unspecified atom stereocenters. The van der Waals surface area contributed by atoms with Crippen molar-refractivity contribution in [3.05, 3.63) is 106 Å². The molecule has 124 valence electrons. The Hall–Kier alpha value is -2.65. The van der Waals surface area contributed by atoms with Gasteiger partial charge in [0.15, 0.2) is 5.78 Å². The Kier molecular flexibility index (Phi) is 5.81. The molecule has 0 N–H and O–H groups in total. The van der Waals surface area contributed by atoms with Gasteiger partial charge in [0, 0.05) is 15.6 Å². The largest absolute Gasteiger partial charge is 0.488 e. The van der Waals surface area contributed by atoms with E-state index in [0.717, 1.165) is 21.3 Å². The van der Waals surface area contributed by atoms with Gasteiger partial charge in [-0.3, -0.25) is 4.79 Å². The summed E-state index contributed by atoms with van der Waals surface area (Å²) < 4.78 is 6.96. The zero-order valence-corrected chi connectivity index (χ0v) is 15.1. The first-order valence-electron chi connectivity index (χ1n) is 7.96. The lowest BCUT2D eigenvalue weighted by molar-refractivity contribution is 0.104. The molecule has 3 rings (SSSR count). The van der Waals surface area contributed by atoms with Crippen molar-refractivity contribution in [2.24, 2.45) is 0 Å². The predicted molar refractivity (Wildman–Crippen MR) is 105 cm³/mol. The molecule has 0 aliphatic heterocycles. The molecule has 0 bridgehead atoms. The van der Waals surface area contributed by atoms with E-state index in [9.17, 15) is 4.79 Å². The summed E-state index contributed by atoms with van der Waals surface area (Å²) >= 11 is 3.42. The molecule has 0 aliphatic rings. The molecule has 3 aromatic carbocycles. The molecule has 2 nitrogen and oxygen atoms in total. The highest BCUT2D eigenvalue weighted by atomic mass is 79.9. The first-order valence-corrected chi connectivity index (χ1v) is 8.75. The van der Waals surface area contributed by atoms with Gasteiger partial charge in [-0.2, -0.15) is 0 Å². The molecule has 0 radical (unpaired) electrons. The van der Waals surface area contributed by atoms with Crippen molar-refractivity contribution < 1.29 is 9.53 Å². The molecule has 0 fully saturated rings. The highest BCUT2D eigenvalue weighted by molar-refractivity contribution is 9.10. The highest BCUT2D eigenvalue weighted by Gasteiger charge is 2.03. The molecular weight excluding hydrogens is 376 g/mol. The Bertz CT molecular complexity index is 868. The lowest BCUT2D eigenvalue weighted by Gasteiger charge is -2.09. The Balaban J connectivity index is 1.71. The topological polar surface area (TPSA) is 26.3 Å². The highest BCUT2D eigenvalue weighted by Crippen LogP contribution is 2.21. The number of hydrogen-bond acceptors (Lipinski definition) is 2. The van der Waals surface area contributed by atoms with Crippen molar-refractivity contribution in [1.29, 1.82) is 0 Å². The van der Waals surface area contributed by atoms with Crippen LogP contribution in [0.4, 0.5) is 0 Å². The number of para-hydroxylation sites is 1. The Morgan fingerprint density at radius 2 is 1.56 bits per heavy atom. The van der Waals surface area contributed by atoms with Crippen LogP contribution in [-0.2, 0) is 6.61 Å². The van der Waals surface area contributed by atoms with Crippen molar-refractivity contribution in [3.63, 3.8) is 0 Å². The van der Waals surface area contributed by atoms with Gasteiger partial charge in [0.2, 0.25) is 0 Å². The second-order valence-corrected chi connectivity index (χ2v) is 6.43. The van der Waals surface area contributed by atoms with E-state index in [1.54, 1.807) is 12.2 Å². The second kappa shape index (κ2) is 8.45. The van der Waals surface area contributed by atoms with Gasteiger partial charge in [0.1, 0.15) is 12.4 Å². The molecule has 0 atom stereocenters. The van der Waals surface area contributed by atoms with Crippen molar-refractivity contribution in [2.75, 3.05) is 0 Å². The van der Waals surface area contributed by atoms with E-state index in [1.807, 2.05) is 78.9 Å². The monoisotopic (exact) mass is 392 g/mol. The number of ketones is 1. The molecule has 3 heteroatoms. The van der Waals surface area contributed by atoms with Crippen LogP contribution < -0.4 is 4.74 Å². The van der Waals surface area contributed by atoms with Gasteiger partial charge in [0.05, 0.1) is 0 Å². The third-order valence-electron chi connectivity index (χ3n) is 3.70. The first-order chi connectivity index (χ1) is 12.2. The Morgan fingerprint density at radius 3 is 2.32 bits per heavy atom. The van der Waals surface area contributed by atoms with Gasteiger partial charge >= 0.3 is 0 Å². The first kappa shape index (κ1) is 17.2. The number of ether oxygens (including phenoxy) is 1. The number of halogens is 1. The zero-order valence-electron chi connectivity index (χ0n) is 13.6. The fourth-order valence-corrected chi connectivity index (χ4v) is 2.62. The van der Waals surface area contributed by atoms with E-state index in [2.05, 4.69) is 15.9 Å². The SMILES string of the molecule is O=C(/C=C/c1ccccc1OCc1ccc(Br)cc1)c1ccccc1. The number of carbonyl (C=O) groups is 1. The number of allylic oxidation sites excluding steroid dienone is 1. The van der Waals surface area contributed by atoms with Crippen LogP contribution in [0, 0.1) is 0 Å². The third-order valence-corrected chi connectivity index (χ3v) is 4.23. The minimum Gasteiger partial charge on any atom is -0.488 e. The summed E-state index contributed by atoms with van der Waals surface area (Å²) in [6.07, 6.45) is 3.38. The van der Waals surface area contributed by atoms with E-state index in [-0.39, 0.29) is 5.78 Å². The number of rotatable bonds is 6. The van der Waals surface area contributed by atoms with Crippen LogP contribution in [0.15, 0.2) is 89.4 Å². The normalized spacial score (nSPS) is 10.8.